The predicted octanol–water partition coefficient (Wildman–Crippen LogP) is 15.4. The molecule has 5 heteroatoms. The fourth-order valence-corrected chi connectivity index (χ4v) is 11.0. The molecular formula is C52H33N2O2P. The number of hydrogen-bond acceptors (Lipinski definition) is 4. The van der Waals surface area contributed by atoms with Crippen molar-refractivity contribution in [2.45, 2.75) is 0 Å². The van der Waals surface area contributed by atoms with E-state index < -0.39 is 7.66 Å². The maximum absolute atomic E-state index is 7.73. The summed E-state index contributed by atoms with van der Waals surface area (Å²) in [6.45, 7) is 0. The van der Waals surface area contributed by atoms with Crippen molar-refractivity contribution in [1.29, 1.82) is 0 Å². The molecule has 2 aliphatic rings. The van der Waals surface area contributed by atoms with Gasteiger partial charge in [0.1, 0.15) is 11.5 Å². The number of hydrogen-bond donors (Lipinski definition) is 1. The smallest absolute Gasteiger partial charge is 0.414 e. The van der Waals surface area contributed by atoms with E-state index in [0.29, 0.717) is 0 Å². The lowest BCUT2D eigenvalue weighted by molar-refractivity contribution is 0.487. The van der Waals surface area contributed by atoms with Gasteiger partial charge in [0.2, 0.25) is 0 Å². The third-order valence-corrected chi connectivity index (χ3v) is 13.3. The molecule has 0 unspecified atom stereocenters. The van der Waals surface area contributed by atoms with Crippen LogP contribution in [0.3, 0.4) is 0 Å². The monoisotopic (exact) mass is 748 g/mol. The van der Waals surface area contributed by atoms with E-state index >= 15 is 0 Å². The molecule has 268 valence electrons. The van der Waals surface area contributed by atoms with Crippen molar-refractivity contribution in [3.63, 3.8) is 0 Å². The Bertz CT molecular complexity index is 3210. The Hall–Kier alpha value is -7.13. The van der Waals surface area contributed by atoms with Crippen molar-refractivity contribution in [2.75, 3.05) is 5.09 Å². The Labute approximate surface area is 329 Å². The fraction of sp³-hybridized carbons (Fsp3) is 0. The number of benzene rings is 10. The zero-order valence-electron chi connectivity index (χ0n) is 30.7. The van der Waals surface area contributed by atoms with Gasteiger partial charge in [-0.25, -0.2) is 0 Å². The lowest BCUT2D eigenvalue weighted by atomic mass is 9.86. The third kappa shape index (κ3) is 4.98. The summed E-state index contributed by atoms with van der Waals surface area (Å²) in [7, 11) is -3.53. The van der Waals surface area contributed by atoms with Crippen LogP contribution in [0.25, 0.3) is 87.6 Å². The Morgan fingerprint density at radius 1 is 0.386 bits per heavy atom. The highest BCUT2D eigenvalue weighted by molar-refractivity contribution is 7.59. The van der Waals surface area contributed by atoms with E-state index in [4.69, 9.17) is 13.8 Å². The van der Waals surface area contributed by atoms with Gasteiger partial charge >= 0.3 is 7.66 Å². The molecule has 2 aliphatic heterocycles. The number of fused-ring (bicyclic) bond motifs is 14. The molecule has 0 radical (unpaired) electrons. The standard InChI is InChI=1S/C52H33N2O2P/c1-3-15-33(16-4-1)43-31-37-21-9-13-25-41(37)49-50-42-26-14-10-22-38(42)32-44(34-17-5-2-6-18-34)52(50)56-57(54-51(43)49)53-45-29-27-35-19-7-11-23-39(35)47(45)48-40-24-12-8-20-36(40)28-30-46(48)55-57/h1-32,54H/t57-/m1/s1. The zero-order valence-corrected chi connectivity index (χ0v) is 31.6. The van der Waals surface area contributed by atoms with Crippen LogP contribution in [-0.4, -0.2) is 0 Å². The van der Waals surface area contributed by atoms with Gasteiger partial charge in [-0.15, -0.1) is 0 Å². The second-order valence-electron chi connectivity index (χ2n) is 14.7. The summed E-state index contributed by atoms with van der Waals surface area (Å²) in [4.78, 5) is 0. The molecular weight excluding hydrogens is 716 g/mol. The highest BCUT2D eigenvalue weighted by Gasteiger charge is 2.40. The normalized spacial score (nSPS) is 15.3. The first-order valence-electron chi connectivity index (χ1n) is 19.3. The molecule has 10 aromatic carbocycles. The van der Waals surface area contributed by atoms with Crippen LogP contribution in [0.15, 0.2) is 199 Å². The lowest BCUT2D eigenvalue weighted by Crippen LogP contribution is -2.10. The summed E-state index contributed by atoms with van der Waals surface area (Å²) in [6, 6.07) is 68.6. The molecule has 1 spiro atoms. The Balaban J connectivity index is 1.28. The summed E-state index contributed by atoms with van der Waals surface area (Å²) in [5.74, 6) is 1.47. The maximum Gasteiger partial charge on any atom is 0.427 e. The van der Waals surface area contributed by atoms with E-state index in [2.05, 4.69) is 199 Å². The summed E-state index contributed by atoms with van der Waals surface area (Å²) < 4.78 is 21.0. The van der Waals surface area contributed by atoms with Crippen molar-refractivity contribution in [3.8, 4) is 56.0 Å². The largest absolute Gasteiger partial charge is 0.427 e. The molecule has 0 aliphatic carbocycles. The summed E-state index contributed by atoms with van der Waals surface area (Å²) >= 11 is 0. The average molecular weight is 749 g/mol. The van der Waals surface area contributed by atoms with Crippen molar-refractivity contribution in [1.82, 2.24) is 0 Å². The van der Waals surface area contributed by atoms with E-state index in [9.17, 15) is 0 Å². The Morgan fingerprint density at radius 2 is 0.877 bits per heavy atom. The van der Waals surface area contributed by atoms with Gasteiger partial charge in [0.05, 0.1) is 11.4 Å². The molecule has 2 heterocycles. The number of rotatable bonds is 2. The molecule has 0 amide bonds. The molecule has 0 bridgehead atoms. The van der Waals surface area contributed by atoms with E-state index in [1.807, 2.05) is 0 Å². The molecule has 0 saturated heterocycles. The van der Waals surface area contributed by atoms with Crippen LogP contribution in [0.2, 0.25) is 0 Å². The Kier molecular flexibility index (Phi) is 7.02. The van der Waals surface area contributed by atoms with Crippen LogP contribution in [0.5, 0.6) is 11.5 Å². The van der Waals surface area contributed by atoms with Crippen molar-refractivity contribution >= 4 is 62.1 Å². The third-order valence-electron chi connectivity index (χ3n) is 11.4. The Morgan fingerprint density at radius 3 is 1.53 bits per heavy atom. The van der Waals surface area contributed by atoms with Crippen LogP contribution in [0, 0.1) is 0 Å². The molecule has 0 aromatic heterocycles. The van der Waals surface area contributed by atoms with Crippen molar-refractivity contribution < 1.29 is 9.05 Å². The van der Waals surface area contributed by atoms with Gasteiger partial charge in [0.15, 0.2) is 0 Å². The summed E-state index contributed by atoms with van der Waals surface area (Å²) in [5, 5.41) is 13.0. The molecule has 1 atom stereocenters. The topological polar surface area (TPSA) is 42.9 Å². The van der Waals surface area contributed by atoms with E-state index in [0.717, 1.165) is 110 Å². The van der Waals surface area contributed by atoms with Gasteiger partial charge in [0, 0.05) is 33.4 Å². The van der Waals surface area contributed by atoms with Crippen LogP contribution < -0.4 is 14.1 Å². The SMILES string of the molecule is c1ccc(-c2cc3ccccc3c3c2N[P@@]2(=Nc4ccc5ccccc5c4-c4c(ccc5ccccc45)O2)Oc2c(-c4ccccc4)cc4ccccc4c2-3)cc1. The highest BCUT2D eigenvalue weighted by atomic mass is 31.2. The van der Waals surface area contributed by atoms with Crippen molar-refractivity contribution in [3.05, 3.63) is 194 Å². The molecule has 1 N–H and O–H groups in total. The first-order chi connectivity index (χ1) is 28.2. The van der Waals surface area contributed by atoms with E-state index in [1.165, 1.54) is 0 Å². The second-order valence-corrected chi connectivity index (χ2v) is 16.6. The second kappa shape index (κ2) is 12.4. The molecule has 0 fully saturated rings. The fourth-order valence-electron chi connectivity index (χ4n) is 8.93. The zero-order chi connectivity index (χ0) is 37.5. The first kappa shape index (κ1) is 32.1. The number of nitrogens with one attached hydrogen (secondary N) is 1. The highest BCUT2D eigenvalue weighted by Crippen LogP contribution is 2.67. The summed E-state index contributed by atoms with van der Waals surface area (Å²) in [5.41, 5.74) is 10.0. The number of anilines is 1. The predicted molar refractivity (Wildman–Crippen MR) is 239 cm³/mol. The lowest BCUT2D eigenvalue weighted by Gasteiger charge is -2.26. The molecule has 57 heavy (non-hydrogen) atoms. The van der Waals surface area contributed by atoms with Gasteiger partial charge in [-0.3, -0.25) is 5.09 Å². The number of nitrogens with zero attached hydrogens (tertiary/aromatic N) is 1. The van der Waals surface area contributed by atoms with Gasteiger partial charge in [0.25, 0.3) is 0 Å². The minimum atomic E-state index is -3.53. The van der Waals surface area contributed by atoms with E-state index in [1.54, 1.807) is 0 Å². The minimum absolute atomic E-state index is 0.725. The summed E-state index contributed by atoms with van der Waals surface area (Å²) in [6.07, 6.45) is 0. The van der Waals surface area contributed by atoms with Gasteiger partial charge in [-0.05, 0) is 78.5 Å². The maximum atomic E-state index is 7.73. The molecule has 12 rings (SSSR count). The molecule has 10 aromatic rings. The van der Waals surface area contributed by atoms with Crippen LogP contribution >= 0.6 is 7.66 Å². The first-order valence-corrected chi connectivity index (χ1v) is 20.9. The van der Waals surface area contributed by atoms with Gasteiger partial charge in [-0.2, -0.15) is 4.74 Å². The van der Waals surface area contributed by atoms with Gasteiger partial charge in [-0.1, -0.05) is 170 Å². The van der Waals surface area contributed by atoms with Gasteiger partial charge < -0.3 is 9.05 Å². The molecule has 4 nitrogen and oxygen atoms in total. The quantitative estimate of drug-likeness (QED) is 0.179. The minimum Gasteiger partial charge on any atom is -0.414 e. The van der Waals surface area contributed by atoms with Crippen LogP contribution in [0.4, 0.5) is 11.4 Å². The van der Waals surface area contributed by atoms with Crippen molar-refractivity contribution in [2.24, 2.45) is 4.74 Å². The van der Waals surface area contributed by atoms with Crippen LogP contribution in [-0.2, 0) is 0 Å². The average Bonchev–Trinajstić information content (AvgIpc) is 3.51. The van der Waals surface area contributed by atoms with E-state index in [-0.39, 0.29) is 0 Å². The van der Waals surface area contributed by atoms with Crippen LogP contribution in [0.1, 0.15) is 0 Å². The molecule has 0 saturated carbocycles.